The molecule has 1 rings (SSSR count). The lowest BCUT2D eigenvalue weighted by atomic mass is 9.99. The van der Waals surface area contributed by atoms with Crippen LogP contribution in [-0.4, -0.2) is 41.9 Å². The molecule has 3 N–H and O–H groups in total. The molecule has 0 aromatic heterocycles. The molecule has 1 saturated heterocycles. The Balaban J connectivity index is 2.33. The molecule has 0 aliphatic carbocycles. The lowest BCUT2D eigenvalue weighted by Gasteiger charge is -2.33. The molecule has 19 heavy (non-hydrogen) atoms. The van der Waals surface area contributed by atoms with Crippen molar-refractivity contribution in [3.63, 3.8) is 0 Å². The molecule has 5 nitrogen and oxygen atoms in total. The van der Waals surface area contributed by atoms with Crippen molar-refractivity contribution in [1.82, 2.24) is 10.2 Å². The highest BCUT2D eigenvalue weighted by atomic mass is 16.2. The van der Waals surface area contributed by atoms with Crippen molar-refractivity contribution in [3.05, 3.63) is 0 Å². The highest BCUT2D eigenvalue weighted by Gasteiger charge is 2.25. The molecule has 0 spiro atoms. The molecular formula is C14H27N3O2. The van der Waals surface area contributed by atoms with Gasteiger partial charge in [0.2, 0.25) is 11.8 Å². The summed E-state index contributed by atoms with van der Waals surface area (Å²) in [5.74, 6) is 0.554. The summed E-state index contributed by atoms with van der Waals surface area (Å²) in [6.07, 6.45) is 2.62. The summed E-state index contributed by atoms with van der Waals surface area (Å²) >= 11 is 0. The van der Waals surface area contributed by atoms with E-state index < -0.39 is 0 Å². The zero-order valence-corrected chi connectivity index (χ0v) is 12.3. The maximum absolute atomic E-state index is 12.1. The van der Waals surface area contributed by atoms with Crippen LogP contribution in [0, 0.1) is 5.92 Å². The van der Waals surface area contributed by atoms with Crippen LogP contribution in [0.3, 0.4) is 0 Å². The topological polar surface area (TPSA) is 75.4 Å². The van der Waals surface area contributed by atoms with Gasteiger partial charge in [0.1, 0.15) is 0 Å². The summed E-state index contributed by atoms with van der Waals surface area (Å²) in [7, 11) is 0. The van der Waals surface area contributed by atoms with Gasteiger partial charge in [0.05, 0.1) is 0 Å². The molecular weight excluding hydrogens is 242 g/mol. The van der Waals surface area contributed by atoms with E-state index in [0.717, 1.165) is 25.9 Å². The summed E-state index contributed by atoms with van der Waals surface area (Å²) in [6, 6.07) is 0.153. The third-order valence-corrected chi connectivity index (χ3v) is 3.80. The number of amides is 2. The van der Waals surface area contributed by atoms with Crippen LogP contribution in [0.1, 0.15) is 46.5 Å². The molecule has 0 radical (unpaired) electrons. The average Bonchev–Trinajstić information content (AvgIpc) is 2.39. The van der Waals surface area contributed by atoms with Gasteiger partial charge in [-0.2, -0.15) is 0 Å². The third-order valence-electron chi connectivity index (χ3n) is 3.80. The zero-order chi connectivity index (χ0) is 14.4. The second-order valence-corrected chi connectivity index (χ2v) is 5.69. The first-order valence-corrected chi connectivity index (χ1v) is 7.26. The summed E-state index contributed by atoms with van der Waals surface area (Å²) in [4.78, 5) is 25.2. The van der Waals surface area contributed by atoms with Crippen LogP contribution in [0.5, 0.6) is 0 Å². The number of carbonyl (C=O) groups excluding carboxylic acids is 2. The standard InChI is InChI=1S/C14H27N3O2/c1-4-13(18)16-11-5-7-17(8-6-11)14(19)9-12(15)10(2)3/h10-12H,4-9,15H2,1-3H3,(H,16,18). The van der Waals surface area contributed by atoms with Crippen molar-refractivity contribution in [2.24, 2.45) is 11.7 Å². The minimum absolute atomic E-state index is 0.0648. The van der Waals surface area contributed by atoms with Gasteiger partial charge >= 0.3 is 0 Å². The third kappa shape index (κ3) is 5.19. The van der Waals surface area contributed by atoms with E-state index in [2.05, 4.69) is 5.32 Å². The van der Waals surface area contributed by atoms with E-state index in [1.54, 1.807) is 0 Å². The molecule has 1 fully saturated rings. The van der Waals surface area contributed by atoms with E-state index in [0.29, 0.717) is 18.8 Å². The van der Waals surface area contributed by atoms with Crippen LogP contribution in [0.2, 0.25) is 0 Å². The van der Waals surface area contributed by atoms with Gasteiger partial charge in [0.25, 0.3) is 0 Å². The molecule has 0 aromatic rings. The molecule has 5 heteroatoms. The maximum atomic E-state index is 12.1. The maximum Gasteiger partial charge on any atom is 0.224 e. The molecule has 110 valence electrons. The minimum Gasteiger partial charge on any atom is -0.353 e. The quantitative estimate of drug-likeness (QED) is 0.778. The number of likely N-dealkylation sites (tertiary alicyclic amines) is 1. The van der Waals surface area contributed by atoms with Gasteiger partial charge in [0, 0.05) is 38.0 Å². The van der Waals surface area contributed by atoms with Crippen molar-refractivity contribution in [3.8, 4) is 0 Å². The Hall–Kier alpha value is -1.10. The molecule has 1 atom stereocenters. The Labute approximate surface area is 115 Å². The van der Waals surface area contributed by atoms with E-state index in [1.165, 1.54) is 0 Å². The number of rotatable bonds is 5. The van der Waals surface area contributed by atoms with Crippen LogP contribution in [0.25, 0.3) is 0 Å². The summed E-state index contributed by atoms with van der Waals surface area (Å²) in [5, 5.41) is 2.99. The molecule has 1 unspecified atom stereocenters. The first-order valence-electron chi connectivity index (χ1n) is 7.26. The van der Waals surface area contributed by atoms with Gasteiger partial charge in [0.15, 0.2) is 0 Å². The smallest absolute Gasteiger partial charge is 0.224 e. The van der Waals surface area contributed by atoms with Crippen LogP contribution >= 0.6 is 0 Å². The molecule has 0 bridgehead atoms. The number of piperidine rings is 1. The SMILES string of the molecule is CCC(=O)NC1CCN(C(=O)CC(N)C(C)C)CC1. The molecule has 0 aromatic carbocycles. The van der Waals surface area contributed by atoms with Crippen LogP contribution < -0.4 is 11.1 Å². The number of carbonyl (C=O) groups is 2. The van der Waals surface area contributed by atoms with Crippen LogP contribution in [-0.2, 0) is 9.59 Å². The Morgan fingerprint density at radius 1 is 1.32 bits per heavy atom. The first kappa shape index (κ1) is 16.0. The molecule has 1 aliphatic rings. The zero-order valence-electron chi connectivity index (χ0n) is 12.3. The fourth-order valence-corrected chi connectivity index (χ4v) is 2.17. The first-order chi connectivity index (χ1) is 8.93. The molecule has 1 heterocycles. The lowest BCUT2D eigenvalue weighted by Crippen LogP contribution is -2.47. The van der Waals surface area contributed by atoms with Crippen molar-refractivity contribution in [2.75, 3.05) is 13.1 Å². The second-order valence-electron chi connectivity index (χ2n) is 5.69. The fraction of sp³-hybridized carbons (Fsp3) is 0.857. The molecule has 0 saturated carbocycles. The monoisotopic (exact) mass is 269 g/mol. The lowest BCUT2D eigenvalue weighted by molar-refractivity contribution is -0.133. The van der Waals surface area contributed by atoms with Crippen molar-refractivity contribution in [2.45, 2.75) is 58.5 Å². The van der Waals surface area contributed by atoms with Crippen LogP contribution in [0.15, 0.2) is 0 Å². The van der Waals surface area contributed by atoms with Gasteiger partial charge in [-0.15, -0.1) is 0 Å². The van der Waals surface area contributed by atoms with Gasteiger partial charge in [-0.3, -0.25) is 9.59 Å². The summed E-state index contributed by atoms with van der Waals surface area (Å²) in [5.41, 5.74) is 5.93. The van der Waals surface area contributed by atoms with Crippen LogP contribution in [0.4, 0.5) is 0 Å². The summed E-state index contributed by atoms with van der Waals surface area (Å²) < 4.78 is 0. The number of nitrogens with one attached hydrogen (secondary N) is 1. The van der Waals surface area contributed by atoms with Crippen molar-refractivity contribution < 1.29 is 9.59 Å². The number of hydrogen-bond donors (Lipinski definition) is 2. The van der Waals surface area contributed by atoms with E-state index in [4.69, 9.17) is 5.73 Å². The number of nitrogens with two attached hydrogens (primary N) is 1. The van der Waals surface area contributed by atoms with Gasteiger partial charge < -0.3 is 16.0 Å². The largest absolute Gasteiger partial charge is 0.353 e. The fourth-order valence-electron chi connectivity index (χ4n) is 2.17. The van der Waals surface area contributed by atoms with Crippen molar-refractivity contribution >= 4 is 11.8 Å². The van der Waals surface area contributed by atoms with E-state index in [1.807, 2.05) is 25.7 Å². The Morgan fingerprint density at radius 3 is 2.37 bits per heavy atom. The van der Waals surface area contributed by atoms with E-state index in [9.17, 15) is 9.59 Å². The molecule has 2 amide bonds. The highest BCUT2D eigenvalue weighted by Crippen LogP contribution is 2.13. The van der Waals surface area contributed by atoms with Gasteiger partial charge in [-0.05, 0) is 18.8 Å². The summed E-state index contributed by atoms with van der Waals surface area (Å²) in [6.45, 7) is 7.35. The predicted octanol–water partition coefficient (Wildman–Crippen LogP) is 0.877. The van der Waals surface area contributed by atoms with Gasteiger partial charge in [-0.1, -0.05) is 20.8 Å². The number of nitrogens with zero attached hydrogens (tertiary/aromatic N) is 1. The van der Waals surface area contributed by atoms with Crippen molar-refractivity contribution in [1.29, 1.82) is 0 Å². The normalized spacial score (nSPS) is 18.5. The molecule has 1 aliphatic heterocycles. The predicted molar refractivity (Wildman–Crippen MR) is 75.5 cm³/mol. The van der Waals surface area contributed by atoms with Gasteiger partial charge in [-0.25, -0.2) is 0 Å². The Bertz CT molecular complexity index is 310. The Kier molecular flexibility index (Phi) is 6.28. The highest BCUT2D eigenvalue weighted by molar-refractivity contribution is 5.77. The van der Waals surface area contributed by atoms with E-state index in [-0.39, 0.29) is 23.9 Å². The average molecular weight is 269 g/mol. The second kappa shape index (κ2) is 7.48. The Morgan fingerprint density at radius 2 is 1.89 bits per heavy atom. The van der Waals surface area contributed by atoms with E-state index >= 15 is 0 Å². The minimum atomic E-state index is -0.0648. The number of hydrogen-bond acceptors (Lipinski definition) is 3.